The van der Waals surface area contributed by atoms with Crippen LogP contribution in [-0.2, 0) is 27.9 Å². The number of ether oxygens (including phenoxy) is 1. The third-order valence-electron chi connectivity index (χ3n) is 14.7. The number of esters is 1. The average molecular weight is 1120 g/mol. The van der Waals surface area contributed by atoms with Crippen molar-refractivity contribution < 1.29 is 37.3 Å². The van der Waals surface area contributed by atoms with Gasteiger partial charge in [-0.3, -0.25) is 18.6 Å². The van der Waals surface area contributed by atoms with Crippen molar-refractivity contribution in [3.05, 3.63) is 60.8 Å². The van der Waals surface area contributed by atoms with Gasteiger partial charge in [-0.15, -0.1) is 0 Å². The fourth-order valence-corrected chi connectivity index (χ4v) is 10.3. The maximum absolute atomic E-state index is 13.5. The number of nitrogens with zero attached hydrogens (tertiary/aromatic N) is 1. The Hall–Kier alpha value is -2.29. The van der Waals surface area contributed by atoms with E-state index in [9.17, 15) is 19.0 Å². The van der Waals surface area contributed by atoms with Crippen molar-refractivity contribution in [1.29, 1.82) is 0 Å². The smallest absolute Gasteiger partial charge is 0.456 e. The van der Waals surface area contributed by atoms with Gasteiger partial charge in [0.05, 0.1) is 33.8 Å². The Morgan fingerprint density at radius 2 is 0.821 bits per heavy atom. The Morgan fingerprint density at radius 1 is 0.462 bits per heavy atom. The lowest BCUT2D eigenvalue weighted by Crippen LogP contribution is -2.47. The van der Waals surface area contributed by atoms with Gasteiger partial charge >= 0.3 is 13.8 Å². The predicted molar refractivity (Wildman–Crippen MR) is 337 cm³/mol. The lowest BCUT2D eigenvalue weighted by atomic mass is 10.0. The highest BCUT2D eigenvalue weighted by Crippen LogP contribution is 2.43. The van der Waals surface area contributed by atoms with E-state index in [1.54, 1.807) is 0 Å². The van der Waals surface area contributed by atoms with Crippen LogP contribution in [0.3, 0.4) is 0 Å². The molecule has 0 fully saturated rings. The maximum Gasteiger partial charge on any atom is 0.472 e. The number of likely N-dealkylation sites (N-methyl/N-ethyl adjacent to an activating group) is 1. The molecule has 456 valence electrons. The Labute approximate surface area is 483 Å². The maximum atomic E-state index is 13.5. The zero-order valence-electron chi connectivity index (χ0n) is 52.2. The van der Waals surface area contributed by atoms with Gasteiger partial charge < -0.3 is 19.4 Å². The van der Waals surface area contributed by atoms with E-state index in [4.69, 9.17) is 13.8 Å². The Bertz CT molecular complexity index is 1520. The van der Waals surface area contributed by atoms with E-state index in [0.29, 0.717) is 17.4 Å². The highest BCUT2D eigenvalue weighted by atomic mass is 31.2. The largest absolute Gasteiger partial charge is 0.472 e. The van der Waals surface area contributed by atoms with Crippen molar-refractivity contribution in [2.24, 2.45) is 0 Å². The molecule has 1 amide bonds. The summed E-state index contributed by atoms with van der Waals surface area (Å²) in [6, 6.07) is -0.854. The molecule has 2 N–H and O–H groups in total. The van der Waals surface area contributed by atoms with Gasteiger partial charge in [-0.1, -0.05) is 268 Å². The van der Waals surface area contributed by atoms with Gasteiger partial charge in [0.2, 0.25) is 5.91 Å². The third-order valence-corrected chi connectivity index (χ3v) is 15.7. The van der Waals surface area contributed by atoms with Gasteiger partial charge in [0.25, 0.3) is 0 Å². The molecular formula is C68H128N2O7P+. The van der Waals surface area contributed by atoms with Crippen molar-refractivity contribution in [3.8, 4) is 0 Å². The molecule has 9 nitrogen and oxygen atoms in total. The molecule has 0 rings (SSSR count). The fraction of sp³-hybridized carbons (Fsp3) is 0.824. The second-order valence-corrected chi connectivity index (χ2v) is 25.1. The standard InChI is InChI=1S/C68H127N2O7P/c1-7-10-13-16-19-22-25-28-30-31-32-33-34-35-36-37-38-39-41-43-46-49-52-55-58-61-68(72)77-66(59-56-53-50-47-44-27-24-21-18-15-12-9-3)65(64-76-78(73,74)75-63-62-70(4,5)6)69-67(71)60-57-54-51-48-45-42-40-29-26-23-20-17-14-11-8-2/h19-20,22-23,26,28-30,56,59,65-66H,7-18,21,24-25,27,31-55,57-58,60-64H2,1-6H3,(H-,69,71,73,74)/p+1/b22-19-,23-20+,29-26+,30-28-,59-56-. The zero-order valence-corrected chi connectivity index (χ0v) is 53.1. The normalized spacial score (nSPS) is 14.0. The minimum Gasteiger partial charge on any atom is -0.456 e. The summed E-state index contributed by atoms with van der Waals surface area (Å²) in [6.45, 7) is 6.97. The quantitative estimate of drug-likeness (QED) is 0.0156. The minimum absolute atomic E-state index is 0.0376. The molecule has 3 unspecified atom stereocenters. The van der Waals surface area contributed by atoms with Crippen molar-refractivity contribution in [2.45, 2.75) is 322 Å². The Kier molecular flexibility index (Phi) is 56.2. The second-order valence-electron chi connectivity index (χ2n) is 23.7. The lowest BCUT2D eigenvalue weighted by molar-refractivity contribution is -0.870. The van der Waals surface area contributed by atoms with Crippen LogP contribution in [0.25, 0.3) is 0 Å². The number of carbonyl (C=O) groups excluding carboxylic acids is 2. The summed E-state index contributed by atoms with van der Waals surface area (Å²) < 4.78 is 30.7. The monoisotopic (exact) mass is 1120 g/mol. The SMILES string of the molecule is CCCCC/C=C\C/C=C\CCCCCCCCCCCCCCCCCC(=O)OC(/C=C\CCCCCCCCCCCC)C(COP(=O)(O)OCC[N+](C)(C)C)NC(=O)CCCCCCCC/C=C/C=C/CCCCC. The highest BCUT2D eigenvalue weighted by molar-refractivity contribution is 7.47. The molecule has 78 heavy (non-hydrogen) atoms. The Balaban J connectivity index is 5.09. The van der Waals surface area contributed by atoms with Crippen LogP contribution in [0.4, 0.5) is 0 Å². The first-order valence-electron chi connectivity index (χ1n) is 33.1. The van der Waals surface area contributed by atoms with E-state index in [1.807, 2.05) is 33.3 Å². The summed E-state index contributed by atoms with van der Waals surface area (Å²) in [4.78, 5) is 37.8. The van der Waals surface area contributed by atoms with Gasteiger partial charge in [-0.2, -0.15) is 0 Å². The molecule has 0 saturated heterocycles. The molecule has 0 aromatic rings. The molecule has 0 aromatic heterocycles. The topological polar surface area (TPSA) is 111 Å². The number of phosphoric ester groups is 1. The van der Waals surface area contributed by atoms with E-state index >= 15 is 0 Å². The van der Waals surface area contributed by atoms with Crippen molar-refractivity contribution in [2.75, 3.05) is 40.9 Å². The number of phosphoric acid groups is 1. The van der Waals surface area contributed by atoms with Crippen molar-refractivity contribution >= 4 is 19.7 Å². The van der Waals surface area contributed by atoms with E-state index in [-0.39, 0.29) is 31.5 Å². The molecule has 0 aromatic carbocycles. The molecule has 0 radical (unpaired) electrons. The molecule has 0 aliphatic carbocycles. The summed E-state index contributed by atoms with van der Waals surface area (Å²) in [7, 11) is 1.49. The second kappa shape index (κ2) is 57.9. The summed E-state index contributed by atoms with van der Waals surface area (Å²) in [5.41, 5.74) is 0. The number of allylic oxidation sites excluding steroid dienone is 9. The number of carbonyl (C=O) groups is 2. The summed E-state index contributed by atoms with van der Waals surface area (Å²) in [5, 5.41) is 3.05. The van der Waals surface area contributed by atoms with Crippen LogP contribution in [0.5, 0.6) is 0 Å². The summed E-state index contributed by atoms with van der Waals surface area (Å²) in [5.74, 6) is -0.510. The van der Waals surface area contributed by atoms with Crippen LogP contribution in [0, 0.1) is 0 Å². The number of amides is 1. The summed E-state index contributed by atoms with van der Waals surface area (Å²) in [6.07, 6.45) is 73.7. The molecule has 0 heterocycles. The van der Waals surface area contributed by atoms with Crippen LogP contribution < -0.4 is 5.32 Å². The first-order valence-corrected chi connectivity index (χ1v) is 34.6. The van der Waals surface area contributed by atoms with Crippen LogP contribution in [-0.4, -0.2) is 74.3 Å². The zero-order chi connectivity index (χ0) is 57.2. The van der Waals surface area contributed by atoms with Gasteiger partial charge in [0.1, 0.15) is 19.3 Å². The lowest BCUT2D eigenvalue weighted by Gasteiger charge is -2.27. The third kappa shape index (κ3) is 58.4. The van der Waals surface area contributed by atoms with E-state index in [1.165, 1.54) is 193 Å². The number of quaternary nitrogens is 1. The fourth-order valence-electron chi connectivity index (χ4n) is 9.55. The molecule has 0 aliphatic heterocycles. The predicted octanol–water partition coefficient (Wildman–Crippen LogP) is 20.6. The highest BCUT2D eigenvalue weighted by Gasteiger charge is 2.30. The molecule has 3 atom stereocenters. The molecule has 0 spiro atoms. The van der Waals surface area contributed by atoms with Crippen LogP contribution in [0.1, 0.15) is 310 Å². The van der Waals surface area contributed by atoms with Gasteiger partial charge in [0, 0.05) is 12.8 Å². The van der Waals surface area contributed by atoms with Crippen molar-refractivity contribution in [3.63, 3.8) is 0 Å². The van der Waals surface area contributed by atoms with Crippen molar-refractivity contribution in [1.82, 2.24) is 5.32 Å². The van der Waals surface area contributed by atoms with Crippen LogP contribution in [0.15, 0.2) is 60.8 Å². The first-order chi connectivity index (χ1) is 37.9. The Morgan fingerprint density at radius 3 is 1.26 bits per heavy atom. The van der Waals surface area contributed by atoms with Gasteiger partial charge in [-0.05, 0) is 89.5 Å². The summed E-state index contributed by atoms with van der Waals surface area (Å²) >= 11 is 0. The van der Waals surface area contributed by atoms with E-state index < -0.39 is 20.0 Å². The number of unbranched alkanes of at least 4 members (excludes halogenated alkanes) is 37. The van der Waals surface area contributed by atoms with E-state index in [2.05, 4.69) is 74.7 Å². The van der Waals surface area contributed by atoms with Crippen LogP contribution in [0.2, 0.25) is 0 Å². The average Bonchev–Trinajstić information content (AvgIpc) is 3.40. The number of hydrogen-bond donors (Lipinski definition) is 2. The van der Waals surface area contributed by atoms with Crippen LogP contribution >= 0.6 is 7.82 Å². The molecular weight excluding hydrogens is 988 g/mol. The van der Waals surface area contributed by atoms with Gasteiger partial charge in [-0.25, -0.2) is 4.57 Å². The number of rotatable bonds is 60. The number of hydrogen-bond acceptors (Lipinski definition) is 6. The number of nitrogens with one attached hydrogen (secondary N) is 1. The first kappa shape index (κ1) is 75.7. The molecule has 0 aliphatic rings. The minimum atomic E-state index is -4.45. The molecule has 10 heteroatoms. The molecule has 0 saturated carbocycles. The van der Waals surface area contributed by atoms with Gasteiger partial charge in [0.15, 0.2) is 0 Å². The van der Waals surface area contributed by atoms with E-state index in [0.717, 1.165) is 83.5 Å². The molecule has 0 bridgehead atoms.